The minimum absolute atomic E-state index is 0.266. The van der Waals surface area contributed by atoms with Crippen LogP contribution >= 0.6 is 0 Å². The third-order valence-corrected chi connectivity index (χ3v) is 3.34. The molecular formula is C18H16N2O2. The molecule has 3 rings (SSSR count). The maximum atomic E-state index is 12.3. The van der Waals surface area contributed by atoms with E-state index in [0.717, 1.165) is 22.2 Å². The number of carbonyl (C=O) groups is 1. The maximum Gasteiger partial charge on any atom is 0.275 e. The van der Waals surface area contributed by atoms with E-state index in [2.05, 4.69) is 10.5 Å². The van der Waals surface area contributed by atoms with Gasteiger partial charge in [0.15, 0.2) is 0 Å². The number of benzene rings is 2. The number of carbonyl (C=O) groups excluding carboxylic acids is 1. The van der Waals surface area contributed by atoms with Crippen molar-refractivity contribution in [3.05, 3.63) is 66.2 Å². The number of hydrogen-bond donors (Lipinski definition) is 1. The smallest absolute Gasteiger partial charge is 0.274 e. The van der Waals surface area contributed by atoms with Gasteiger partial charge in [0.25, 0.3) is 5.91 Å². The molecule has 2 aromatic carbocycles. The Bertz CT molecular complexity index is 801. The van der Waals surface area contributed by atoms with Gasteiger partial charge in [-0.15, -0.1) is 0 Å². The first-order chi connectivity index (χ1) is 10.8. The third kappa shape index (κ3) is 2.82. The highest BCUT2D eigenvalue weighted by atomic mass is 16.6. The molecular weight excluding hydrogens is 276 g/mol. The van der Waals surface area contributed by atoms with Gasteiger partial charge in [-0.05, 0) is 19.1 Å². The van der Waals surface area contributed by atoms with Crippen molar-refractivity contribution in [2.45, 2.75) is 6.92 Å². The first-order valence-electron chi connectivity index (χ1n) is 7.17. The Morgan fingerprint density at radius 2 is 1.82 bits per heavy atom. The second-order valence-electron chi connectivity index (χ2n) is 4.80. The van der Waals surface area contributed by atoms with E-state index in [4.69, 9.17) is 4.84 Å². The van der Waals surface area contributed by atoms with Crippen LogP contribution in [0.3, 0.4) is 0 Å². The summed E-state index contributed by atoms with van der Waals surface area (Å²) >= 11 is 0. The lowest BCUT2D eigenvalue weighted by Gasteiger charge is -2.10. The molecule has 4 heteroatoms. The summed E-state index contributed by atoms with van der Waals surface area (Å²) in [5.41, 5.74) is 5.53. The summed E-state index contributed by atoms with van der Waals surface area (Å²) in [6.07, 6.45) is 0. The van der Waals surface area contributed by atoms with Gasteiger partial charge in [0.1, 0.15) is 0 Å². The quantitative estimate of drug-likeness (QED) is 0.748. The number of aromatic nitrogens is 1. The maximum absolute atomic E-state index is 12.3. The van der Waals surface area contributed by atoms with Crippen molar-refractivity contribution in [2.75, 3.05) is 6.61 Å². The molecule has 0 saturated carbocycles. The number of rotatable bonds is 4. The molecule has 0 bridgehead atoms. The van der Waals surface area contributed by atoms with Gasteiger partial charge < -0.3 is 0 Å². The third-order valence-electron chi connectivity index (χ3n) is 3.34. The van der Waals surface area contributed by atoms with Crippen LogP contribution in [0.1, 0.15) is 17.3 Å². The van der Waals surface area contributed by atoms with Crippen molar-refractivity contribution in [3.63, 3.8) is 0 Å². The van der Waals surface area contributed by atoms with Crippen molar-refractivity contribution in [1.82, 2.24) is 10.5 Å². The molecule has 110 valence electrons. The van der Waals surface area contributed by atoms with Crippen LogP contribution in [0.25, 0.3) is 22.2 Å². The Labute approximate surface area is 128 Å². The van der Waals surface area contributed by atoms with Gasteiger partial charge in [-0.25, -0.2) is 10.5 Å². The summed E-state index contributed by atoms with van der Waals surface area (Å²) in [6, 6.07) is 19.2. The zero-order valence-electron chi connectivity index (χ0n) is 12.2. The van der Waals surface area contributed by atoms with E-state index >= 15 is 0 Å². The van der Waals surface area contributed by atoms with E-state index in [9.17, 15) is 4.79 Å². The molecule has 0 aliphatic heterocycles. The van der Waals surface area contributed by atoms with Crippen molar-refractivity contribution < 1.29 is 9.63 Å². The lowest BCUT2D eigenvalue weighted by atomic mass is 10.0. The number of fused-ring (bicyclic) bond motifs is 1. The molecule has 0 radical (unpaired) electrons. The first-order valence-corrected chi connectivity index (χ1v) is 7.17. The van der Waals surface area contributed by atoms with E-state index in [1.807, 2.05) is 61.5 Å². The highest BCUT2D eigenvalue weighted by Gasteiger charge is 2.13. The molecule has 3 aromatic rings. The fourth-order valence-electron chi connectivity index (χ4n) is 2.31. The van der Waals surface area contributed by atoms with Gasteiger partial charge in [-0.1, -0.05) is 48.5 Å². The topological polar surface area (TPSA) is 51.2 Å². The van der Waals surface area contributed by atoms with Crippen LogP contribution in [0, 0.1) is 0 Å². The fourth-order valence-corrected chi connectivity index (χ4v) is 2.31. The minimum Gasteiger partial charge on any atom is -0.274 e. The molecule has 0 aliphatic carbocycles. The molecule has 0 unspecified atom stereocenters. The molecule has 1 aromatic heterocycles. The van der Waals surface area contributed by atoms with Gasteiger partial charge in [-0.3, -0.25) is 9.63 Å². The monoisotopic (exact) mass is 292 g/mol. The molecule has 1 amide bonds. The van der Waals surface area contributed by atoms with E-state index < -0.39 is 0 Å². The van der Waals surface area contributed by atoms with Crippen molar-refractivity contribution >= 4 is 16.8 Å². The number of nitrogens with one attached hydrogen (secondary N) is 1. The summed E-state index contributed by atoms with van der Waals surface area (Å²) in [5.74, 6) is -0.266. The lowest BCUT2D eigenvalue weighted by Crippen LogP contribution is -2.24. The van der Waals surface area contributed by atoms with Gasteiger partial charge in [0.2, 0.25) is 0 Å². The molecule has 0 atom stereocenters. The average Bonchev–Trinajstić information content (AvgIpc) is 2.59. The zero-order valence-corrected chi connectivity index (χ0v) is 12.2. The van der Waals surface area contributed by atoms with Gasteiger partial charge in [-0.2, -0.15) is 0 Å². The number of hydrogen-bond acceptors (Lipinski definition) is 3. The van der Waals surface area contributed by atoms with Crippen LogP contribution in [0.4, 0.5) is 0 Å². The number of amides is 1. The predicted molar refractivity (Wildman–Crippen MR) is 86.3 cm³/mol. The Balaban J connectivity index is 2.14. The van der Waals surface area contributed by atoms with E-state index in [1.54, 1.807) is 6.07 Å². The molecule has 1 heterocycles. The molecule has 0 aliphatic rings. The summed E-state index contributed by atoms with van der Waals surface area (Å²) in [6.45, 7) is 2.24. The zero-order chi connectivity index (χ0) is 15.4. The van der Waals surface area contributed by atoms with E-state index in [1.165, 1.54) is 0 Å². The number of nitrogens with zero attached hydrogens (tertiary/aromatic N) is 1. The van der Waals surface area contributed by atoms with Crippen LogP contribution in [-0.2, 0) is 4.84 Å². The Hall–Kier alpha value is -2.72. The summed E-state index contributed by atoms with van der Waals surface area (Å²) < 4.78 is 0. The number of pyridine rings is 1. The highest BCUT2D eigenvalue weighted by Crippen LogP contribution is 2.24. The van der Waals surface area contributed by atoms with Gasteiger partial charge in [0.05, 0.1) is 23.4 Å². The predicted octanol–water partition coefficient (Wildman–Crippen LogP) is 3.58. The molecule has 4 nitrogen and oxygen atoms in total. The molecule has 0 spiro atoms. The van der Waals surface area contributed by atoms with Gasteiger partial charge in [0, 0.05) is 10.9 Å². The lowest BCUT2D eigenvalue weighted by molar-refractivity contribution is 0.0366. The van der Waals surface area contributed by atoms with E-state index in [-0.39, 0.29) is 5.91 Å². The Kier molecular flexibility index (Phi) is 4.12. The highest BCUT2D eigenvalue weighted by molar-refractivity contribution is 6.06. The number of hydroxylamine groups is 1. The molecule has 1 N–H and O–H groups in total. The normalized spacial score (nSPS) is 10.6. The fraction of sp³-hybridized carbons (Fsp3) is 0.111. The van der Waals surface area contributed by atoms with Gasteiger partial charge >= 0.3 is 0 Å². The molecule has 22 heavy (non-hydrogen) atoms. The van der Waals surface area contributed by atoms with Crippen LogP contribution in [0.2, 0.25) is 0 Å². The standard InChI is InChI=1S/C18H16N2O2/c1-2-22-20-18(21)15-12-17(13-8-4-3-5-9-13)19-16-11-7-6-10-14(15)16/h3-12H,2H2,1H3,(H,20,21). The van der Waals surface area contributed by atoms with Crippen LogP contribution in [0.5, 0.6) is 0 Å². The van der Waals surface area contributed by atoms with Crippen LogP contribution < -0.4 is 5.48 Å². The molecule has 0 fully saturated rings. The number of para-hydroxylation sites is 1. The molecule has 0 saturated heterocycles. The Morgan fingerprint density at radius 3 is 2.59 bits per heavy atom. The van der Waals surface area contributed by atoms with Crippen molar-refractivity contribution in [1.29, 1.82) is 0 Å². The summed E-state index contributed by atoms with van der Waals surface area (Å²) in [5, 5.41) is 0.805. The van der Waals surface area contributed by atoms with Crippen LogP contribution in [0.15, 0.2) is 60.7 Å². The SMILES string of the molecule is CCONC(=O)c1cc(-c2ccccc2)nc2ccccc12. The van der Waals surface area contributed by atoms with Crippen molar-refractivity contribution in [2.24, 2.45) is 0 Å². The van der Waals surface area contributed by atoms with Crippen molar-refractivity contribution in [3.8, 4) is 11.3 Å². The Morgan fingerprint density at radius 1 is 1.09 bits per heavy atom. The largest absolute Gasteiger partial charge is 0.275 e. The average molecular weight is 292 g/mol. The second kappa shape index (κ2) is 6.37. The second-order valence-corrected chi connectivity index (χ2v) is 4.80. The van der Waals surface area contributed by atoms with Crippen LogP contribution in [-0.4, -0.2) is 17.5 Å². The first kappa shape index (κ1) is 14.2. The minimum atomic E-state index is -0.266. The summed E-state index contributed by atoms with van der Waals surface area (Å²) in [7, 11) is 0. The summed E-state index contributed by atoms with van der Waals surface area (Å²) in [4.78, 5) is 22.0. The van der Waals surface area contributed by atoms with E-state index in [0.29, 0.717) is 12.2 Å².